The number of amides is 1. The molecule has 3 aromatic rings. The number of benzene rings is 1. The molecular weight excluding hydrogens is 428 g/mol. The SMILES string of the molecule is CCOC(=O)Cn1c(=NC(=O)Cn2nc(C)cc2C)sc2cc(S(C)(=O)=O)ccc21. The van der Waals surface area contributed by atoms with E-state index in [-0.39, 0.29) is 29.4 Å². The normalized spacial score (nSPS) is 12.5. The molecule has 30 heavy (non-hydrogen) atoms. The number of nitrogens with zero attached hydrogens (tertiary/aromatic N) is 4. The molecule has 0 N–H and O–H groups in total. The molecular formula is C19H22N4O5S2. The van der Waals surface area contributed by atoms with Gasteiger partial charge in [-0.05, 0) is 45.0 Å². The van der Waals surface area contributed by atoms with E-state index in [2.05, 4.69) is 10.1 Å². The standard InChI is InChI=1S/C19H22N4O5S2/c1-5-28-18(25)11-22-15-7-6-14(30(4,26)27)9-16(15)29-19(22)20-17(24)10-23-13(3)8-12(2)21-23/h6-9H,5,10-11H2,1-4H3. The van der Waals surface area contributed by atoms with Gasteiger partial charge in [-0.2, -0.15) is 10.1 Å². The quantitative estimate of drug-likeness (QED) is 0.527. The second-order valence-corrected chi connectivity index (χ2v) is 9.79. The number of rotatable bonds is 6. The van der Waals surface area contributed by atoms with E-state index in [0.717, 1.165) is 29.0 Å². The van der Waals surface area contributed by atoms with Gasteiger partial charge in [0, 0.05) is 11.9 Å². The highest BCUT2D eigenvalue weighted by Crippen LogP contribution is 2.22. The van der Waals surface area contributed by atoms with Crippen molar-refractivity contribution in [3.8, 4) is 0 Å². The number of sulfone groups is 1. The van der Waals surface area contributed by atoms with Gasteiger partial charge in [-0.1, -0.05) is 11.3 Å². The molecule has 0 atom stereocenters. The van der Waals surface area contributed by atoms with Crippen molar-refractivity contribution < 1.29 is 22.7 Å². The summed E-state index contributed by atoms with van der Waals surface area (Å²) in [6.45, 7) is 5.43. The summed E-state index contributed by atoms with van der Waals surface area (Å²) in [7, 11) is -3.40. The van der Waals surface area contributed by atoms with Crippen LogP contribution in [0.1, 0.15) is 18.3 Å². The predicted octanol–water partition coefficient (Wildman–Crippen LogP) is 1.61. The van der Waals surface area contributed by atoms with E-state index in [1.165, 1.54) is 12.1 Å². The molecule has 1 aromatic carbocycles. The third-order valence-corrected chi connectivity index (χ3v) is 6.44. The maximum Gasteiger partial charge on any atom is 0.326 e. The molecule has 0 saturated heterocycles. The summed E-state index contributed by atoms with van der Waals surface area (Å²) in [5.74, 6) is -0.912. The Kier molecular flexibility index (Phi) is 6.22. The van der Waals surface area contributed by atoms with Crippen molar-refractivity contribution in [1.29, 1.82) is 0 Å². The molecule has 0 bridgehead atoms. The number of hydrogen-bond donors (Lipinski definition) is 0. The predicted molar refractivity (Wildman–Crippen MR) is 112 cm³/mol. The van der Waals surface area contributed by atoms with E-state index in [1.54, 1.807) is 22.2 Å². The number of hydrogen-bond acceptors (Lipinski definition) is 7. The fourth-order valence-corrected chi connectivity index (χ4v) is 4.77. The van der Waals surface area contributed by atoms with E-state index < -0.39 is 21.7 Å². The highest BCUT2D eigenvalue weighted by atomic mass is 32.2. The van der Waals surface area contributed by atoms with Crippen LogP contribution in [0, 0.1) is 13.8 Å². The minimum atomic E-state index is -3.40. The Morgan fingerprint density at radius 3 is 2.53 bits per heavy atom. The van der Waals surface area contributed by atoms with Crippen LogP contribution in [-0.2, 0) is 37.3 Å². The number of fused-ring (bicyclic) bond motifs is 1. The lowest BCUT2D eigenvalue weighted by Gasteiger charge is -2.06. The number of esters is 1. The topological polar surface area (TPSA) is 113 Å². The summed E-state index contributed by atoms with van der Waals surface area (Å²) in [5.41, 5.74) is 2.23. The van der Waals surface area contributed by atoms with Crippen molar-refractivity contribution in [2.75, 3.05) is 12.9 Å². The van der Waals surface area contributed by atoms with Crippen molar-refractivity contribution in [1.82, 2.24) is 14.3 Å². The molecule has 0 fully saturated rings. The first-order valence-electron chi connectivity index (χ1n) is 9.16. The maximum absolute atomic E-state index is 12.6. The minimum absolute atomic E-state index is 0.0398. The number of carbonyl (C=O) groups is 2. The fraction of sp³-hybridized carbons (Fsp3) is 0.368. The summed E-state index contributed by atoms with van der Waals surface area (Å²) < 4.78 is 32.5. The number of thiazole rings is 1. The van der Waals surface area contributed by atoms with Crippen molar-refractivity contribution in [2.24, 2.45) is 4.99 Å². The summed E-state index contributed by atoms with van der Waals surface area (Å²) >= 11 is 1.14. The lowest BCUT2D eigenvalue weighted by atomic mass is 10.3. The molecule has 9 nitrogen and oxygen atoms in total. The Balaban J connectivity index is 2.08. The first kappa shape index (κ1) is 21.9. The first-order chi connectivity index (χ1) is 14.1. The van der Waals surface area contributed by atoms with Crippen molar-refractivity contribution in [2.45, 2.75) is 38.8 Å². The second-order valence-electron chi connectivity index (χ2n) is 6.77. The van der Waals surface area contributed by atoms with Gasteiger partial charge in [-0.3, -0.25) is 14.3 Å². The molecule has 0 radical (unpaired) electrons. The number of ether oxygens (including phenoxy) is 1. The van der Waals surface area contributed by atoms with Crippen LogP contribution in [0.3, 0.4) is 0 Å². The van der Waals surface area contributed by atoms with Gasteiger partial charge in [-0.25, -0.2) is 8.42 Å². The summed E-state index contributed by atoms with van der Waals surface area (Å²) in [5, 5.41) is 4.26. The molecule has 2 aromatic heterocycles. The zero-order chi connectivity index (χ0) is 22.1. The van der Waals surface area contributed by atoms with Crippen LogP contribution in [0.4, 0.5) is 0 Å². The average molecular weight is 451 g/mol. The van der Waals surface area contributed by atoms with E-state index in [1.807, 2.05) is 19.9 Å². The molecule has 160 valence electrons. The van der Waals surface area contributed by atoms with E-state index in [0.29, 0.717) is 10.2 Å². The molecule has 1 amide bonds. The number of aromatic nitrogens is 3. The molecule has 0 spiro atoms. The maximum atomic E-state index is 12.6. The van der Waals surface area contributed by atoms with Gasteiger partial charge in [-0.15, -0.1) is 0 Å². The summed E-state index contributed by atoms with van der Waals surface area (Å²) in [6, 6.07) is 6.45. The second kappa shape index (κ2) is 8.52. The minimum Gasteiger partial charge on any atom is -0.465 e. The van der Waals surface area contributed by atoms with Crippen molar-refractivity contribution in [3.63, 3.8) is 0 Å². The Morgan fingerprint density at radius 2 is 1.93 bits per heavy atom. The lowest BCUT2D eigenvalue weighted by molar-refractivity contribution is -0.143. The Hall–Kier alpha value is -2.79. The molecule has 11 heteroatoms. The largest absolute Gasteiger partial charge is 0.465 e. The molecule has 0 saturated carbocycles. The Bertz CT molecular complexity index is 1300. The highest BCUT2D eigenvalue weighted by molar-refractivity contribution is 7.90. The number of carbonyl (C=O) groups excluding carboxylic acids is 2. The molecule has 0 aliphatic carbocycles. The van der Waals surface area contributed by atoms with Crippen LogP contribution in [0.25, 0.3) is 10.2 Å². The van der Waals surface area contributed by atoms with E-state index in [4.69, 9.17) is 4.74 Å². The van der Waals surface area contributed by atoms with Crippen LogP contribution in [0.5, 0.6) is 0 Å². The van der Waals surface area contributed by atoms with Gasteiger partial charge in [0.2, 0.25) is 0 Å². The average Bonchev–Trinajstić information content (AvgIpc) is 3.13. The van der Waals surface area contributed by atoms with Crippen LogP contribution in [-0.4, -0.2) is 47.5 Å². The van der Waals surface area contributed by atoms with Gasteiger partial charge in [0.1, 0.15) is 13.1 Å². The van der Waals surface area contributed by atoms with Gasteiger partial charge in [0.05, 0.1) is 27.4 Å². The molecule has 0 unspecified atom stereocenters. The van der Waals surface area contributed by atoms with Gasteiger partial charge >= 0.3 is 5.97 Å². The summed E-state index contributed by atoms with van der Waals surface area (Å²) in [6.07, 6.45) is 1.12. The van der Waals surface area contributed by atoms with Crippen LogP contribution in [0.15, 0.2) is 34.2 Å². The zero-order valence-electron chi connectivity index (χ0n) is 17.1. The third-order valence-electron chi connectivity index (χ3n) is 4.28. The monoisotopic (exact) mass is 450 g/mol. The van der Waals surface area contributed by atoms with Crippen LogP contribution >= 0.6 is 11.3 Å². The molecule has 0 aliphatic rings. The highest BCUT2D eigenvalue weighted by Gasteiger charge is 2.16. The van der Waals surface area contributed by atoms with Crippen LogP contribution in [0.2, 0.25) is 0 Å². The van der Waals surface area contributed by atoms with E-state index in [9.17, 15) is 18.0 Å². The first-order valence-corrected chi connectivity index (χ1v) is 11.9. The summed E-state index contributed by atoms with van der Waals surface area (Å²) in [4.78, 5) is 29.3. The molecule has 0 aliphatic heterocycles. The molecule has 3 rings (SSSR count). The van der Waals surface area contributed by atoms with Crippen molar-refractivity contribution in [3.05, 3.63) is 40.5 Å². The van der Waals surface area contributed by atoms with Crippen molar-refractivity contribution >= 4 is 43.3 Å². The van der Waals surface area contributed by atoms with Gasteiger partial charge in [0.15, 0.2) is 14.6 Å². The molecule has 2 heterocycles. The van der Waals surface area contributed by atoms with Gasteiger partial charge < -0.3 is 9.30 Å². The Morgan fingerprint density at radius 1 is 1.20 bits per heavy atom. The fourth-order valence-electron chi connectivity index (χ4n) is 2.96. The third kappa shape index (κ3) is 4.85. The lowest BCUT2D eigenvalue weighted by Crippen LogP contribution is -2.24. The smallest absolute Gasteiger partial charge is 0.326 e. The van der Waals surface area contributed by atoms with Crippen LogP contribution < -0.4 is 4.80 Å². The number of aryl methyl sites for hydroxylation is 2. The van der Waals surface area contributed by atoms with E-state index >= 15 is 0 Å². The van der Waals surface area contributed by atoms with Gasteiger partial charge in [0.25, 0.3) is 5.91 Å². The Labute approximate surface area is 177 Å². The zero-order valence-corrected chi connectivity index (χ0v) is 18.7.